The van der Waals surface area contributed by atoms with Crippen molar-refractivity contribution in [2.45, 2.75) is 45.1 Å². The summed E-state index contributed by atoms with van der Waals surface area (Å²) in [7, 11) is 1.79. The van der Waals surface area contributed by atoms with E-state index in [0.717, 1.165) is 30.0 Å². The smallest absolute Gasteiger partial charge is 0.123 e. The first-order valence-corrected chi connectivity index (χ1v) is 8.23. The van der Waals surface area contributed by atoms with E-state index in [4.69, 9.17) is 4.74 Å². The highest BCUT2D eigenvalue weighted by molar-refractivity contribution is 5.37. The lowest BCUT2D eigenvalue weighted by atomic mass is 9.98. The third kappa shape index (κ3) is 2.58. The molecule has 0 amide bonds. The van der Waals surface area contributed by atoms with Crippen molar-refractivity contribution in [1.29, 1.82) is 0 Å². The van der Waals surface area contributed by atoms with E-state index in [0.29, 0.717) is 6.04 Å². The molecule has 0 bridgehead atoms. The molecule has 0 saturated heterocycles. The van der Waals surface area contributed by atoms with Gasteiger partial charge in [0.2, 0.25) is 0 Å². The Balaban J connectivity index is 1.82. The van der Waals surface area contributed by atoms with Crippen LogP contribution in [0.3, 0.4) is 0 Å². The Hall–Kier alpha value is -1.02. The second kappa shape index (κ2) is 6.17. The van der Waals surface area contributed by atoms with Gasteiger partial charge < -0.3 is 10.1 Å². The van der Waals surface area contributed by atoms with Crippen molar-refractivity contribution in [1.82, 2.24) is 5.32 Å². The van der Waals surface area contributed by atoms with Gasteiger partial charge in [0.05, 0.1) is 7.11 Å². The number of hydrogen-bond donors (Lipinski definition) is 1. The molecule has 2 heteroatoms. The van der Waals surface area contributed by atoms with E-state index in [-0.39, 0.29) is 0 Å². The van der Waals surface area contributed by atoms with Crippen LogP contribution in [0.5, 0.6) is 5.75 Å². The molecular weight excluding hydrogens is 246 g/mol. The maximum absolute atomic E-state index is 5.60. The predicted molar refractivity (Wildman–Crippen MR) is 83.0 cm³/mol. The van der Waals surface area contributed by atoms with Crippen LogP contribution in [0.2, 0.25) is 0 Å². The molecule has 0 spiro atoms. The number of para-hydroxylation sites is 1. The van der Waals surface area contributed by atoms with Crippen LogP contribution in [-0.4, -0.2) is 13.7 Å². The van der Waals surface area contributed by atoms with Crippen LogP contribution in [-0.2, 0) is 0 Å². The summed E-state index contributed by atoms with van der Waals surface area (Å²) < 4.78 is 5.60. The molecular formula is C18H27NO. The lowest BCUT2D eigenvalue weighted by Crippen LogP contribution is -2.25. The molecule has 2 fully saturated rings. The maximum Gasteiger partial charge on any atom is 0.123 e. The zero-order chi connectivity index (χ0) is 13.9. The fourth-order valence-electron chi connectivity index (χ4n) is 4.22. The molecule has 0 aliphatic heterocycles. The van der Waals surface area contributed by atoms with Crippen LogP contribution < -0.4 is 10.1 Å². The molecule has 20 heavy (non-hydrogen) atoms. The topological polar surface area (TPSA) is 21.3 Å². The van der Waals surface area contributed by atoms with E-state index >= 15 is 0 Å². The Morgan fingerprint density at radius 3 is 2.55 bits per heavy atom. The standard InChI is InChI=1S/C18H27NO/c1-3-12-19-18(15-10-6-7-11-16(15)20-2)17-13-8-4-5-9-14(13)17/h6-7,10-11,13-14,17-19H,3-5,8-9,12H2,1-2H3. The first kappa shape index (κ1) is 13.9. The molecule has 2 aliphatic carbocycles. The van der Waals surface area contributed by atoms with Gasteiger partial charge in [-0.25, -0.2) is 0 Å². The Morgan fingerprint density at radius 2 is 1.90 bits per heavy atom. The molecule has 2 nitrogen and oxygen atoms in total. The van der Waals surface area contributed by atoms with Crippen molar-refractivity contribution < 1.29 is 4.74 Å². The molecule has 3 rings (SSSR count). The summed E-state index contributed by atoms with van der Waals surface area (Å²) in [6.07, 6.45) is 6.94. The summed E-state index contributed by atoms with van der Waals surface area (Å²) >= 11 is 0. The Bertz CT molecular complexity index is 433. The molecule has 3 unspecified atom stereocenters. The number of ether oxygens (including phenoxy) is 1. The minimum absolute atomic E-state index is 0.485. The van der Waals surface area contributed by atoms with E-state index in [2.05, 4.69) is 36.5 Å². The molecule has 0 heterocycles. The number of fused-ring (bicyclic) bond motifs is 1. The lowest BCUT2D eigenvalue weighted by Gasteiger charge is -2.22. The van der Waals surface area contributed by atoms with Gasteiger partial charge >= 0.3 is 0 Å². The van der Waals surface area contributed by atoms with Crippen LogP contribution in [0, 0.1) is 17.8 Å². The fraction of sp³-hybridized carbons (Fsp3) is 0.667. The first-order chi connectivity index (χ1) is 9.86. The van der Waals surface area contributed by atoms with Crippen LogP contribution >= 0.6 is 0 Å². The van der Waals surface area contributed by atoms with Gasteiger partial charge in [0, 0.05) is 11.6 Å². The second-order valence-electron chi connectivity index (χ2n) is 6.36. The highest BCUT2D eigenvalue weighted by Crippen LogP contribution is 2.60. The average Bonchev–Trinajstić information content (AvgIpc) is 3.23. The summed E-state index contributed by atoms with van der Waals surface area (Å²) in [6, 6.07) is 9.04. The first-order valence-electron chi connectivity index (χ1n) is 8.23. The van der Waals surface area contributed by atoms with Gasteiger partial charge in [0.1, 0.15) is 5.75 Å². The molecule has 2 saturated carbocycles. The fourth-order valence-corrected chi connectivity index (χ4v) is 4.22. The lowest BCUT2D eigenvalue weighted by molar-refractivity contribution is 0.383. The van der Waals surface area contributed by atoms with Crippen molar-refractivity contribution in [2.75, 3.05) is 13.7 Å². The van der Waals surface area contributed by atoms with E-state index in [9.17, 15) is 0 Å². The van der Waals surface area contributed by atoms with Crippen LogP contribution in [0.25, 0.3) is 0 Å². The molecule has 1 aromatic carbocycles. The second-order valence-corrected chi connectivity index (χ2v) is 6.36. The summed E-state index contributed by atoms with van der Waals surface area (Å²) in [6.45, 7) is 3.34. The van der Waals surface area contributed by atoms with Crippen molar-refractivity contribution in [3.8, 4) is 5.75 Å². The molecule has 3 atom stereocenters. The molecule has 0 radical (unpaired) electrons. The minimum atomic E-state index is 0.485. The Kier molecular flexibility index (Phi) is 4.30. The van der Waals surface area contributed by atoms with Gasteiger partial charge in [-0.2, -0.15) is 0 Å². The van der Waals surface area contributed by atoms with Gasteiger partial charge in [0.15, 0.2) is 0 Å². The SMILES string of the molecule is CCCNC(c1ccccc1OC)C1C2CCCCC21. The molecule has 0 aromatic heterocycles. The van der Waals surface area contributed by atoms with E-state index < -0.39 is 0 Å². The average molecular weight is 273 g/mol. The summed E-state index contributed by atoms with van der Waals surface area (Å²) in [5, 5.41) is 3.80. The molecule has 1 aromatic rings. The van der Waals surface area contributed by atoms with Crippen LogP contribution in [0.1, 0.15) is 50.6 Å². The van der Waals surface area contributed by atoms with E-state index in [1.165, 1.54) is 37.7 Å². The highest BCUT2D eigenvalue weighted by Gasteiger charge is 2.54. The van der Waals surface area contributed by atoms with Crippen LogP contribution in [0.15, 0.2) is 24.3 Å². The number of benzene rings is 1. The Labute approximate surface area is 122 Å². The quantitative estimate of drug-likeness (QED) is 0.840. The van der Waals surface area contributed by atoms with Gasteiger partial charge in [-0.1, -0.05) is 38.0 Å². The largest absolute Gasteiger partial charge is 0.496 e. The third-order valence-electron chi connectivity index (χ3n) is 5.20. The zero-order valence-electron chi connectivity index (χ0n) is 12.8. The normalized spacial score (nSPS) is 29.6. The summed E-state index contributed by atoms with van der Waals surface area (Å²) in [5.41, 5.74) is 1.36. The van der Waals surface area contributed by atoms with Gasteiger partial charge in [-0.05, 0) is 49.6 Å². The van der Waals surface area contributed by atoms with Crippen molar-refractivity contribution >= 4 is 0 Å². The number of methoxy groups -OCH3 is 1. The maximum atomic E-state index is 5.60. The molecule has 1 N–H and O–H groups in total. The van der Waals surface area contributed by atoms with Gasteiger partial charge in [0.25, 0.3) is 0 Å². The third-order valence-corrected chi connectivity index (χ3v) is 5.20. The number of hydrogen-bond acceptors (Lipinski definition) is 2. The number of nitrogens with one attached hydrogen (secondary N) is 1. The minimum Gasteiger partial charge on any atom is -0.496 e. The molecule has 110 valence electrons. The summed E-state index contributed by atoms with van der Waals surface area (Å²) in [4.78, 5) is 0. The van der Waals surface area contributed by atoms with E-state index in [1.54, 1.807) is 7.11 Å². The Morgan fingerprint density at radius 1 is 1.20 bits per heavy atom. The van der Waals surface area contributed by atoms with E-state index in [1.807, 2.05) is 0 Å². The van der Waals surface area contributed by atoms with Crippen molar-refractivity contribution in [3.05, 3.63) is 29.8 Å². The zero-order valence-corrected chi connectivity index (χ0v) is 12.8. The number of rotatable bonds is 6. The van der Waals surface area contributed by atoms with Gasteiger partial charge in [-0.15, -0.1) is 0 Å². The van der Waals surface area contributed by atoms with Gasteiger partial charge in [-0.3, -0.25) is 0 Å². The monoisotopic (exact) mass is 273 g/mol. The predicted octanol–water partition coefficient (Wildman–Crippen LogP) is 4.17. The molecule has 2 aliphatic rings. The summed E-state index contributed by atoms with van der Waals surface area (Å²) in [5.74, 6) is 3.80. The van der Waals surface area contributed by atoms with Crippen molar-refractivity contribution in [3.63, 3.8) is 0 Å². The van der Waals surface area contributed by atoms with Crippen molar-refractivity contribution in [2.24, 2.45) is 17.8 Å². The highest BCUT2D eigenvalue weighted by atomic mass is 16.5. The van der Waals surface area contributed by atoms with Crippen LogP contribution in [0.4, 0.5) is 0 Å².